The van der Waals surface area contributed by atoms with Gasteiger partial charge in [0.05, 0.1) is 6.07 Å². The van der Waals surface area contributed by atoms with Crippen LogP contribution in [0.2, 0.25) is 0 Å². The van der Waals surface area contributed by atoms with Crippen LogP contribution in [0, 0.1) is 18.3 Å². The summed E-state index contributed by atoms with van der Waals surface area (Å²) in [5, 5.41) is 12.0. The van der Waals surface area contributed by atoms with Gasteiger partial charge in [0.15, 0.2) is 0 Å². The van der Waals surface area contributed by atoms with Gasteiger partial charge in [0.2, 0.25) is 0 Å². The van der Waals surface area contributed by atoms with Gasteiger partial charge in [0.25, 0.3) is 0 Å². The molecule has 0 saturated carbocycles. The summed E-state index contributed by atoms with van der Waals surface area (Å²) >= 11 is 1.54. The first-order chi connectivity index (χ1) is 9.79. The van der Waals surface area contributed by atoms with Crippen LogP contribution in [0.4, 0.5) is 0 Å². The average Bonchev–Trinajstić information content (AvgIpc) is 2.90. The molecule has 2 rings (SSSR count). The van der Waals surface area contributed by atoms with Crippen LogP contribution in [0.15, 0.2) is 10.4 Å². The summed E-state index contributed by atoms with van der Waals surface area (Å²) in [6.07, 6.45) is 6.89. The lowest BCUT2D eigenvalue weighted by molar-refractivity contribution is 0.228. The molecule has 1 aromatic heterocycles. The summed E-state index contributed by atoms with van der Waals surface area (Å²) in [6, 6.07) is 2.26. The molecule has 1 saturated heterocycles. The largest absolute Gasteiger partial charge is 0.303 e. The van der Waals surface area contributed by atoms with Crippen LogP contribution in [0.3, 0.4) is 0 Å². The van der Waals surface area contributed by atoms with Crippen LogP contribution in [0.5, 0.6) is 0 Å². The highest BCUT2D eigenvalue weighted by Crippen LogP contribution is 2.18. The van der Waals surface area contributed by atoms with E-state index < -0.39 is 0 Å². The predicted octanol–water partition coefficient (Wildman–Crippen LogP) is 3.01. The van der Waals surface area contributed by atoms with Crippen molar-refractivity contribution in [2.75, 3.05) is 26.2 Å². The summed E-state index contributed by atoms with van der Waals surface area (Å²) in [4.78, 5) is 11.3. The Labute approximate surface area is 125 Å². The Hall–Kier alpha value is -1.25. The highest BCUT2D eigenvalue weighted by atomic mass is 32.1. The summed E-state index contributed by atoms with van der Waals surface area (Å²) in [5.74, 6) is -0.288. The van der Waals surface area contributed by atoms with Gasteiger partial charge in [-0.15, -0.1) is 11.3 Å². The summed E-state index contributed by atoms with van der Waals surface area (Å²) in [5.41, 5.74) is 0.976. The maximum Gasteiger partial charge on any atom is 0.133 e. The molecule has 0 aromatic carbocycles. The molecule has 20 heavy (non-hydrogen) atoms. The third kappa shape index (κ3) is 4.69. The van der Waals surface area contributed by atoms with Gasteiger partial charge in [-0.05, 0) is 45.8 Å². The molecule has 0 radical (unpaired) electrons. The number of aromatic nitrogens is 1. The van der Waals surface area contributed by atoms with E-state index in [-0.39, 0.29) is 5.92 Å². The molecular formula is C15H22N4S. The van der Waals surface area contributed by atoms with Gasteiger partial charge in [-0.1, -0.05) is 6.42 Å². The third-order valence-electron chi connectivity index (χ3n) is 3.51. The lowest BCUT2D eigenvalue weighted by Gasteiger charge is -2.25. The van der Waals surface area contributed by atoms with E-state index in [0.717, 1.165) is 30.2 Å². The molecule has 1 aliphatic heterocycles. The standard InChI is InChI=1S/C15H22N4S/c1-13-12-20-15(18-13)14(10-16)11-17-6-5-9-19-7-3-2-4-8-19/h11-12,14H,2-9H2,1H3/t14-/m0/s1. The zero-order valence-corrected chi connectivity index (χ0v) is 12.9. The Balaban J connectivity index is 1.70. The Morgan fingerprint density at radius 1 is 1.50 bits per heavy atom. The molecule has 4 nitrogen and oxygen atoms in total. The van der Waals surface area contributed by atoms with E-state index >= 15 is 0 Å². The van der Waals surface area contributed by atoms with Gasteiger partial charge in [0, 0.05) is 23.8 Å². The van der Waals surface area contributed by atoms with E-state index in [1.807, 2.05) is 12.3 Å². The predicted molar refractivity (Wildman–Crippen MR) is 83.5 cm³/mol. The van der Waals surface area contributed by atoms with Gasteiger partial charge in [-0.3, -0.25) is 4.99 Å². The first kappa shape index (κ1) is 15.1. The van der Waals surface area contributed by atoms with Crippen LogP contribution < -0.4 is 0 Å². The summed E-state index contributed by atoms with van der Waals surface area (Å²) in [6.45, 7) is 6.36. The zero-order valence-electron chi connectivity index (χ0n) is 12.1. The number of likely N-dealkylation sites (tertiary alicyclic amines) is 1. The van der Waals surface area contributed by atoms with Crippen molar-refractivity contribution in [3.63, 3.8) is 0 Å². The normalized spacial score (nSPS) is 18.2. The molecule has 0 aliphatic carbocycles. The maximum absolute atomic E-state index is 9.17. The summed E-state index contributed by atoms with van der Waals surface area (Å²) in [7, 11) is 0. The molecule has 1 aliphatic rings. The molecule has 0 unspecified atom stereocenters. The van der Waals surface area contributed by atoms with E-state index in [0.29, 0.717) is 0 Å². The second-order valence-corrected chi connectivity index (χ2v) is 6.13. The Morgan fingerprint density at radius 3 is 2.95 bits per heavy atom. The van der Waals surface area contributed by atoms with Crippen molar-refractivity contribution in [1.82, 2.24) is 9.88 Å². The number of nitriles is 1. The van der Waals surface area contributed by atoms with Gasteiger partial charge in [0.1, 0.15) is 10.9 Å². The number of aryl methyl sites for hydroxylation is 1. The average molecular weight is 290 g/mol. The Morgan fingerprint density at radius 2 is 2.30 bits per heavy atom. The maximum atomic E-state index is 9.17. The fraction of sp³-hybridized carbons (Fsp3) is 0.667. The van der Waals surface area contributed by atoms with E-state index in [9.17, 15) is 0 Å². The SMILES string of the molecule is Cc1csc([C@@H](C#N)C=NCCCN2CCCCC2)n1. The molecule has 108 valence electrons. The van der Waals surface area contributed by atoms with Gasteiger partial charge in [-0.25, -0.2) is 4.98 Å². The van der Waals surface area contributed by atoms with E-state index in [2.05, 4.69) is 20.9 Å². The lowest BCUT2D eigenvalue weighted by Crippen LogP contribution is -2.30. The van der Waals surface area contributed by atoms with Crippen molar-refractivity contribution in [2.45, 2.75) is 38.5 Å². The monoisotopic (exact) mass is 290 g/mol. The van der Waals surface area contributed by atoms with Crippen molar-refractivity contribution in [3.8, 4) is 6.07 Å². The molecule has 1 atom stereocenters. The number of piperidine rings is 1. The van der Waals surface area contributed by atoms with Crippen LogP contribution in [0.25, 0.3) is 0 Å². The third-order valence-corrected chi connectivity index (χ3v) is 4.55. The number of hydrogen-bond acceptors (Lipinski definition) is 5. The van der Waals surface area contributed by atoms with Crippen LogP contribution in [-0.4, -0.2) is 42.3 Å². The van der Waals surface area contributed by atoms with Crippen LogP contribution in [0.1, 0.15) is 42.3 Å². The number of aliphatic imine (C=N–C) groups is 1. The number of nitrogens with zero attached hydrogens (tertiary/aromatic N) is 4. The Kier molecular flexibility index (Phi) is 6.16. The minimum atomic E-state index is -0.288. The van der Waals surface area contributed by atoms with Gasteiger partial charge < -0.3 is 4.90 Å². The highest BCUT2D eigenvalue weighted by molar-refractivity contribution is 7.09. The number of hydrogen-bond donors (Lipinski definition) is 0. The van der Waals surface area contributed by atoms with E-state index in [4.69, 9.17) is 5.26 Å². The molecule has 0 spiro atoms. The molecule has 1 fully saturated rings. The molecule has 0 amide bonds. The molecule has 5 heteroatoms. The first-order valence-electron chi connectivity index (χ1n) is 7.33. The molecule has 0 N–H and O–H groups in total. The van der Waals surface area contributed by atoms with Gasteiger partial charge >= 0.3 is 0 Å². The van der Waals surface area contributed by atoms with Crippen molar-refractivity contribution in [3.05, 3.63) is 16.1 Å². The summed E-state index contributed by atoms with van der Waals surface area (Å²) < 4.78 is 0. The Bertz CT molecular complexity index is 468. The van der Waals surface area contributed by atoms with Crippen molar-refractivity contribution in [1.29, 1.82) is 5.26 Å². The zero-order chi connectivity index (χ0) is 14.2. The fourth-order valence-corrected chi connectivity index (χ4v) is 3.22. The second kappa shape index (κ2) is 8.13. The van der Waals surface area contributed by atoms with Crippen molar-refractivity contribution in [2.24, 2.45) is 4.99 Å². The van der Waals surface area contributed by atoms with Crippen molar-refractivity contribution >= 4 is 17.6 Å². The lowest BCUT2D eigenvalue weighted by atomic mass is 10.1. The first-order valence-corrected chi connectivity index (χ1v) is 8.21. The topological polar surface area (TPSA) is 52.3 Å². The quantitative estimate of drug-likeness (QED) is 0.598. The van der Waals surface area contributed by atoms with Gasteiger partial charge in [-0.2, -0.15) is 5.26 Å². The molecule has 1 aromatic rings. The van der Waals surface area contributed by atoms with Crippen LogP contribution in [-0.2, 0) is 0 Å². The van der Waals surface area contributed by atoms with Crippen LogP contribution >= 0.6 is 11.3 Å². The minimum absolute atomic E-state index is 0.288. The van der Waals surface area contributed by atoms with Crippen molar-refractivity contribution < 1.29 is 0 Å². The fourth-order valence-electron chi connectivity index (χ4n) is 2.42. The molecule has 2 heterocycles. The highest BCUT2D eigenvalue weighted by Gasteiger charge is 2.11. The van der Waals surface area contributed by atoms with E-state index in [1.54, 1.807) is 6.21 Å². The van der Waals surface area contributed by atoms with E-state index in [1.165, 1.54) is 43.7 Å². The molecular weight excluding hydrogens is 268 g/mol. The number of rotatable bonds is 6. The minimum Gasteiger partial charge on any atom is -0.303 e. The smallest absolute Gasteiger partial charge is 0.133 e. The number of thiazole rings is 1. The second-order valence-electron chi connectivity index (χ2n) is 5.25. The molecule has 0 bridgehead atoms.